The molecule has 1 aliphatic rings. The molecular weight excluding hydrogens is 278 g/mol. The fraction of sp³-hybridized carbons (Fsp3) is 0.412. The van der Waals surface area contributed by atoms with Crippen LogP contribution in [0, 0.1) is 11.3 Å². The van der Waals surface area contributed by atoms with Crippen molar-refractivity contribution in [3.8, 4) is 6.07 Å². The molecule has 0 aliphatic heterocycles. The number of amides is 1. The van der Waals surface area contributed by atoms with E-state index in [1.807, 2.05) is 32.9 Å². The highest BCUT2D eigenvalue weighted by atomic mass is 16.5. The van der Waals surface area contributed by atoms with E-state index in [2.05, 4.69) is 16.7 Å². The number of carbonyl (C=O) groups is 1. The lowest BCUT2D eigenvalue weighted by Gasteiger charge is -2.11. The molecule has 0 bridgehead atoms. The van der Waals surface area contributed by atoms with Crippen molar-refractivity contribution in [2.75, 3.05) is 13.7 Å². The Morgan fingerprint density at radius 2 is 2.14 bits per heavy atom. The molecule has 0 radical (unpaired) electrons. The fourth-order valence-corrected chi connectivity index (χ4v) is 1.78. The number of nitrogens with zero attached hydrogens (tertiary/aromatic N) is 1. The van der Waals surface area contributed by atoms with Crippen LogP contribution in [-0.4, -0.2) is 19.6 Å². The molecule has 22 heavy (non-hydrogen) atoms. The summed E-state index contributed by atoms with van der Waals surface area (Å²) in [5, 5.41) is 15.1. The highest BCUT2D eigenvalue weighted by Crippen LogP contribution is 2.22. The van der Waals surface area contributed by atoms with Crippen molar-refractivity contribution in [2.45, 2.75) is 34.1 Å². The van der Waals surface area contributed by atoms with Crippen LogP contribution in [0.1, 0.15) is 34.1 Å². The van der Waals surface area contributed by atoms with E-state index in [0.717, 1.165) is 23.6 Å². The molecule has 5 nitrogen and oxygen atoms in total. The molecule has 5 heteroatoms. The average molecular weight is 303 g/mol. The summed E-state index contributed by atoms with van der Waals surface area (Å²) in [4.78, 5) is 11.0. The zero-order valence-electron chi connectivity index (χ0n) is 14.0. The van der Waals surface area contributed by atoms with E-state index < -0.39 is 0 Å². The first-order valence-corrected chi connectivity index (χ1v) is 7.39. The minimum Gasteiger partial charge on any atom is -0.497 e. The second kappa shape index (κ2) is 11.2. The number of rotatable bonds is 5. The van der Waals surface area contributed by atoms with E-state index in [-0.39, 0.29) is 5.91 Å². The van der Waals surface area contributed by atoms with Gasteiger partial charge in [-0.25, -0.2) is 0 Å². The van der Waals surface area contributed by atoms with Crippen LogP contribution in [0.15, 0.2) is 47.0 Å². The van der Waals surface area contributed by atoms with Gasteiger partial charge in [-0.3, -0.25) is 4.79 Å². The molecule has 0 heterocycles. The highest BCUT2D eigenvalue weighted by molar-refractivity contribution is 5.74. The molecule has 0 saturated carbocycles. The molecule has 0 aromatic rings. The Hall–Kier alpha value is -2.48. The molecule has 1 rings (SSSR count). The second-order valence-electron chi connectivity index (χ2n) is 4.14. The molecule has 2 N–H and O–H groups in total. The number of methoxy groups -OCH3 is 1. The first kappa shape index (κ1) is 19.5. The Morgan fingerprint density at radius 3 is 2.64 bits per heavy atom. The van der Waals surface area contributed by atoms with E-state index in [1.54, 1.807) is 13.2 Å². The van der Waals surface area contributed by atoms with E-state index in [4.69, 9.17) is 4.74 Å². The Kier molecular flexibility index (Phi) is 9.95. The summed E-state index contributed by atoms with van der Waals surface area (Å²) in [7, 11) is 1.60. The van der Waals surface area contributed by atoms with Crippen molar-refractivity contribution in [2.24, 2.45) is 0 Å². The maximum Gasteiger partial charge on any atom is 0.220 e. The van der Waals surface area contributed by atoms with Gasteiger partial charge < -0.3 is 15.4 Å². The Balaban J connectivity index is 0.00000211. The normalized spacial score (nSPS) is 14.0. The summed E-state index contributed by atoms with van der Waals surface area (Å²) < 4.78 is 5.21. The number of hydrogen-bond acceptors (Lipinski definition) is 4. The van der Waals surface area contributed by atoms with Crippen molar-refractivity contribution < 1.29 is 9.53 Å². The van der Waals surface area contributed by atoms with Gasteiger partial charge in [0.25, 0.3) is 0 Å². The first-order valence-electron chi connectivity index (χ1n) is 7.39. The highest BCUT2D eigenvalue weighted by Gasteiger charge is 2.12. The smallest absolute Gasteiger partial charge is 0.220 e. The molecule has 0 unspecified atom stereocenters. The van der Waals surface area contributed by atoms with Crippen LogP contribution < -0.4 is 10.6 Å². The summed E-state index contributed by atoms with van der Waals surface area (Å²) in [6, 6.07) is 2.11. The molecule has 120 valence electrons. The van der Waals surface area contributed by atoms with Gasteiger partial charge in [-0.2, -0.15) is 5.26 Å². The lowest BCUT2D eigenvalue weighted by molar-refractivity contribution is -0.118. The van der Waals surface area contributed by atoms with Gasteiger partial charge in [-0.1, -0.05) is 13.8 Å². The predicted octanol–water partition coefficient (Wildman–Crippen LogP) is 2.91. The molecule has 1 aliphatic carbocycles. The topological polar surface area (TPSA) is 74.2 Å². The number of nitrogens with one attached hydrogen (secondary N) is 2. The number of nitriles is 1. The second-order valence-corrected chi connectivity index (χ2v) is 4.14. The quantitative estimate of drug-likeness (QED) is 0.766. The molecule has 0 aromatic carbocycles. The number of hydrogen-bond donors (Lipinski definition) is 2. The minimum absolute atomic E-state index is 0.211. The van der Waals surface area contributed by atoms with E-state index in [9.17, 15) is 10.1 Å². The standard InChI is InChI=1S/C15H19N3O2.C2H6/c1-4-17-15-8-6-13(20-3)5-7-14(15)12(9-16)10-18-11(2)19;1-2/h5-7,10,17H,4,8H2,1-3H3,(H,18,19);1-2H3/b12-10+;. The van der Waals surface area contributed by atoms with Crippen molar-refractivity contribution >= 4 is 5.91 Å². The summed E-state index contributed by atoms with van der Waals surface area (Å²) >= 11 is 0. The van der Waals surface area contributed by atoms with Gasteiger partial charge in [0, 0.05) is 37.4 Å². The lowest BCUT2D eigenvalue weighted by Crippen LogP contribution is -2.16. The summed E-state index contributed by atoms with van der Waals surface area (Å²) in [5.41, 5.74) is 2.08. The van der Waals surface area contributed by atoms with Crippen LogP contribution in [0.3, 0.4) is 0 Å². The van der Waals surface area contributed by atoms with Gasteiger partial charge in [0.2, 0.25) is 5.91 Å². The Bertz CT molecular complexity index is 535. The van der Waals surface area contributed by atoms with Crippen molar-refractivity contribution in [1.82, 2.24) is 10.6 Å². The van der Waals surface area contributed by atoms with Crippen LogP contribution in [0.25, 0.3) is 0 Å². The number of ether oxygens (including phenoxy) is 1. The van der Waals surface area contributed by atoms with Gasteiger partial charge in [0.1, 0.15) is 11.8 Å². The monoisotopic (exact) mass is 303 g/mol. The minimum atomic E-state index is -0.211. The molecule has 0 saturated heterocycles. The SMILES string of the molecule is CC.CCNC1=C(/C(C#N)=C/NC(C)=O)C=CC(OC)=CC1. The number of allylic oxidation sites excluding steroid dienone is 5. The summed E-state index contributed by atoms with van der Waals surface area (Å²) in [6.45, 7) is 8.14. The van der Waals surface area contributed by atoms with Gasteiger partial charge >= 0.3 is 0 Å². The molecule has 0 fully saturated rings. The number of carbonyl (C=O) groups excluding carboxylic acids is 1. The van der Waals surface area contributed by atoms with Gasteiger partial charge in [0.15, 0.2) is 0 Å². The Morgan fingerprint density at radius 1 is 1.45 bits per heavy atom. The van der Waals surface area contributed by atoms with Crippen LogP contribution in [-0.2, 0) is 9.53 Å². The van der Waals surface area contributed by atoms with Gasteiger partial charge in [-0.15, -0.1) is 0 Å². The van der Waals surface area contributed by atoms with Crippen LogP contribution in [0.4, 0.5) is 0 Å². The molecular formula is C17H25N3O2. The third-order valence-electron chi connectivity index (χ3n) is 2.70. The average Bonchev–Trinajstić information content (AvgIpc) is 2.73. The largest absolute Gasteiger partial charge is 0.497 e. The van der Waals surface area contributed by atoms with E-state index in [0.29, 0.717) is 12.0 Å². The van der Waals surface area contributed by atoms with E-state index in [1.165, 1.54) is 13.1 Å². The summed E-state index contributed by atoms with van der Waals surface area (Å²) in [6.07, 6.45) is 7.63. The molecule has 0 atom stereocenters. The van der Waals surface area contributed by atoms with Crippen molar-refractivity contribution in [1.29, 1.82) is 5.26 Å². The van der Waals surface area contributed by atoms with E-state index >= 15 is 0 Å². The zero-order valence-corrected chi connectivity index (χ0v) is 14.0. The predicted molar refractivity (Wildman–Crippen MR) is 88.4 cm³/mol. The molecule has 1 amide bonds. The van der Waals surface area contributed by atoms with Crippen molar-refractivity contribution in [3.63, 3.8) is 0 Å². The third kappa shape index (κ3) is 6.31. The third-order valence-corrected chi connectivity index (χ3v) is 2.70. The fourth-order valence-electron chi connectivity index (χ4n) is 1.78. The Labute approximate surface area is 133 Å². The van der Waals surface area contributed by atoms with Gasteiger partial charge in [0.05, 0.1) is 12.7 Å². The lowest BCUT2D eigenvalue weighted by atomic mass is 10.0. The van der Waals surface area contributed by atoms with Crippen LogP contribution in [0.5, 0.6) is 0 Å². The first-order chi connectivity index (χ1) is 10.6. The van der Waals surface area contributed by atoms with Crippen LogP contribution in [0.2, 0.25) is 0 Å². The molecule has 0 aromatic heterocycles. The summed E-state index contributed by atoms with van der Waals surface area (Å²) in [5.74, 6) is 0.531. The van der Waals surface area contributed by atoms with Crippen LogP contribution >= 0.6 is 0 Å². The van der Waals surface area contributed by atoms with Crippen molar-refractivity contribution in [3.05, 3.63) is 47.0 Å². The van der Waals surface area contributed by atoms with Gasteiger partial charge in [-0.05, 0) is 25.2 Å². The maximum atomic E-state index is 11.0. The zero-order chi connectivity index (χ0) is 17.0. The molecule has 0 spiro atoms. The maximum absolute atomic E-state index is 11.0.